The first kappa shape index (κ1) is 14.5. The van der Waals surface area contributed by atoms with E-state index in [0.29, 0.717) is 18.7 Å². The van der Waals surface area contributed by atoms with E-state index in [-0.39, 0.29) is 17.3 Å². The van der Waals surface area contributed by atoms with Gasteiger partial charge in [0.05, 0.1) is 24.3 Å². The number of nitrogens with zero attached hydrogens (tertiary/aromatic N) is 1. The third kappa shape index (κ3) is 4.37. The predicted molar refractivity (Wildman–Crippen MR) is 71.8 cm³/mol. The molecule has 4 nitrogen and oxygen atoms in total. The number of para-hydroxylation sites is 2. The summed E-state index contributed by atoms with van der Waals surface area (Å²) in [5.74, 6) is 0.0193. The number of anilines is 1. The molecule has 1 amide bonds. The van der Waals surface area contributed by atoms with Crippen LogP contribution in [-0.2, 0) is 9.53 Å². The predicted octanol–water partition coefficient (Wildman–Crippen LogP) is 2.56. The van der Waals surface area contributed by atoms with Gasteiger partial charge in [-0.05, 0) is 32.9 Å². The van der Waals surface area contributed by atoms with Crippen molar-refractivity contribution in [2.24, 2.45) is 0 Å². The second-order valence-electron chi connectivity index (χ2n) is 5.15. The summed E-state index contributed by atoms with van der Waals surface area (Å²) in [4.78, 5) is 13.4. The van der Waals surface area contributed by atoms with E-state index in [0.717, 1.165) is 0 Å². The van der Waals surface area contributed by atoms with Crippen molar-refractivity contribution in [2.45, 2.75) is 32.8 Å². The Morgan fingerprint density at radius 3 is 2.50 bits per heavy atom. The largest absolute Gasteiger partial charge is 0.506 e. The Balaban J connectivity index is 2.55. The molecule has 0 radical (unpaired) electrons. The molecule has 18 heavy (non-hydrogen) atoms. The second kappa shape index (κ2) is 5.87. The highest BCUT2D eigenvalue weighted by Crippen LogP contribution is 2.25. The second-order valence-corrected chi connectivity index (χ2v) is 5.15. The number of carbonyl (C=O) groups is 1. The average molecular weight is 251 g/mol. The monoisotopic (exact) mass is 251 g/mol. The number of phenolic OH excluding ortho intramolecular Hbond substituents is 1. The lowest BCUT2D eigenvalue weighted by Crippen LogP contribution is -2.29. The summed E-state index contributed by atoms with van der Waals surface area (Å²) in [7, 11) is 1.65. The first-order valence-corrected chi connectivity index (χ1v) is 6.00. The van der Waals surface area contributed by atoms with Crippen LogP contribution in [0, 0.1) is 0 Å². The molecule has 100 valence electrons. The van der Waals surface area contributed by atoms with Gasteiger partial charge in [-0.25, -0.2) is 0 Å². The van der Waals surface area contributed by atoms with E-state index < -0.39 is 0 Å². The lowest BCUT2D eigenvalue weighted by molar-refractivity contribution is -0.120. The summed E-state index contributed by atoms with van der Waals surface area (Å²) in [6.45, 7) is 6.22. The molecule has 0 aliphatic heterocycles. The number of carbonyl (C=O) groups excluding carboxylic acids is 1. The number of amides is 1. The van der Waals surface area contributed by atoms with Crippen molar-refractivity contribution in [3.8, 4) is 5.75 Å². The molecule has 4 heteroatoms. The van der Waals surface area contributed by atoms with Crippen LogP contribution in [0.4, 0.5) is 5.69 Å². The third-order valence-electron chi connectivity index (χ3n) is 2.47. The number of ether oxygens (including phenoxy) is 1. The van der Waals surface area contributed by atoms with Gasteiger partial charge in [-0.15, -0.1) is 0 Å². The maximum atomic E-state index is 11.9. The van der Waals surface area contributed by atoms with Crippen molar-refractivity contribution in [3.05, 3.63) is 24.3 Å². The zero-order valence-electron chi connectivity index (χ0n) is 11.4. The number of aromatic hydroxyl groups is 1. The molecule has 0 aromatic heterocycles. The van der Waals surface area contributed by atoms with Gasteiger partial charge in [-0.3, -0.25) is 4.79 Å². The van der Waals surface area contributed by atoms with Gasteiger partial charge in [-0.2, -0.15) is 0 Å². The smallest absolute Gasteiger partial charge is 0.229 e. The molecule has 0 spiro atoms. The molecule has 0 saturated carbocycles. The van der Waals surface area contributed by atoms with Gasteiger partial charge in [0.1, 0.15) is 5.75 Å². The number of benzene rings is 1. The SMILES string of the molecule is CN(C(=O)CCOC(C)(C)C)c1ccccc1O. The van der Waals surface area contributed by atoms with Crippen LogP contribution in [0.1, 0.15) is 27.2 Å². The van der Waals surface area contributed by atoms with Crippen LogP contribution in [0.2, 0.25) is 0 Å². The summed E-state index contributed by atoms with van der Waals surface area (Å²) >= 11 is 0. The fourth-order valence-corrected chi connectivity index (χ4v) is 1.49. The fourth-order valence-electron chi connectivity index (χ4n) is 1.49. The lowest BCUT2D eigenvalue weighted by Gasteiger charge is -2.21. The maximum Gasteiger partial charge on any atom is 0.229 e. The summed E-state index contributed by atoms with van der Waals surface area (Å²) in [6, 6.07) is 6.77. The van der Waals surface area contributed by atoms with Gasteiger partial charge >= 0.3 is 0 Å². The highest BCUT2D eigenvalue weighted by Gasteiger charge is 2.16. The molecule has 0 atom stereocenters. The van der Waals surface area contributed by atoms with Crippen LogP contribution in [0.5, 0.6) is 5.75 Å². The zero-order chi connectivity index (χ0) is 13.8. The van der Waals surface area contributed by atoms with E-state index in [1.165, 1.54) is 4.90 Å². The van der Waals surface area contributed by atoms with Gasteiger partial charge in [0.25, 0.3) is 0 Å². The van der Waals surface area contributed by atoms with Crippen molar-refractivity contribution < 1.29 is 14.6 Å². The van der Waals surface area contributed by atoms with Gasteiger partial charge in [0, 0.05) is 7.05 Å². The molecule has 0 aliphatic carbocycles. The van der Waals surface area contributed by atoms with E-state index in [4.69, 9.17) is 4.74 Å². The van der Waals surface area contributed by atoms with Crippen molar-refractivity contribution in [1.82, 2.24) is 0 Å². The van der Waals surface area contributed by atoms with Crippen LogP contribution < -0.4 is 4.90 Å². The molecule has 0 fully saturated rings. The van der Waals surface area contributed by atoms with Crippen LogP contribution >= 0.6 is 0 Å². The van der Waals surface area contributed by atoms with Crippen LogP contribution in [0.25, 0.3) is 0 Å². The molecule has 0 bridgehead atoms. The Labute approximate surface area is 108 Å². The van der Waals surface area contributed by atoms with Crippen molar-refractivity contribution in [3.63, 3.8) is 0 Å². The lowest BCUT2D eigenvalue weighted by atomic mass is 10.2. The summed E-state index contributed by atoms with van der Waals surface area (Å²) < 4.78 is 5.51. The Kier molecular flexibility index (Phi) is 4.73. The molecule has 1 aromatic carbocycles. The molecule has 0 aliphatic rings. The minimum absolute atomic E-state index is 0.0826. The number of hydrogen-bond donors (Lipinski definition) is 1. The highest BCUT2D eigenvalue weighted by atomic mass is 16.5. The van der Waals surface area contributed by atoms with E-state index in [2.05, 4.69) is 0 Å². The van der Waals surface area contributed by atoms with Gasteiger partial charge < -0.3 is 14.7 Å². The molecule has 1 aromatic rings. The van der Waals surface area contributed by atoms with Crippen molar-refractivity contribution in [1.29, 1.82) is 0 Å². The fraction of sp³-hybridized carbons (Fsp3) is 0.500. The average Bonchev–Trinajstić information content (AvgIpc) is 2.27. The van der Waals surface area contributed by atoms with E-state index in [1.54, 1.807) is 31.3 Å². The highest BCUT2D eigenvalue weighted by molar-refractivity contribution is 5.94. The topological polar surface area (TPSA) is 49.8 Å². The van der Waals surface area contributed by atoms with Gasteiger partial charge in [0.15, 0.2) is 0 Å². The first-order valence-electron chi connectivity index (χ1n) is 6.00. The summed E-state index contributed by atoms with van der Waals surface area (Å²) in [6.07, 6.45) is 0.294. The van der Waals surface area contributed by atoms with Crippen molar-refractivity contribution >= 4 is 11.6 Å². The molecule has 0 heterocycles. The summed E-state index contributed by atoms with van der Waals surface area (Å²) in [5.41, 5.74) is 0.270. The zero-order valence-corrected chi connectivity index (χ0v) is 11.4. The van der Waals surface area contributed by atoms with Crippen LogP contribution in [0.3, 0.4) is 0 Å². The molecule has 0 saturated heterocycles. The van der Waals surface area contributed by atoms with Crippen LogP contribution in [-0.4, -0.2) is 30.3 Å². The molecular weight excluding hydrogens is 230 g/mol. The van der Waals surface area contributed by atoms with Crippen LogP contribution in [0.15, 0.2) is 24.3 Å². The first-order chi connectivity index (χ1) is 8.31. The minimum Gasteiger partial charge on any atom is -0.506 e. The molecule has 1 N–H and O–H groups in total. The third-order valence-corrected chi connectivity index (χ3v) is 2.47. The van der Waals surface area contributed by atoms with Crippen molar-refractivity contribution in [2.75, 3.05) is 18.6 Å². The quantitative estimate of drug-likeness (QED) is 0.894. The Hall–Kier alpha value is -1.55. The van der Waals surface area contributed by atoms with Gasteiger partial charge in [0.2, 0.25) is 5.91 Å². The number of hydrogen-bond acceptors (Lipinski definition) is 3. The number of rotatable bonds is 4. The van der Waals surface area contributed by atoms with E-state index in [9.17, 15) is 9.90 Å². The molecule has 0 unspecified atom stereocenters. The maximum absolute atomic E-state index is 11.9. The summed E-state index contributed by atoms with van der Waals surface area (Å²) in [5, 5.41) is 9.66. The van der Waals surface area contributed by atoms with Gasteiger partial charge in [-0.1, -0.05) is 12.1 Å². The Morgan fingerprint density at radius 1 is 1.33 bits per heavy atom. The normalized spacial score (nSPS) is 11.3. The Morgan fingerprint density at radius 2 is 1.94 bits per heavy atom. The van der Waals surface area contributed by atoms with E-state index >= 15 is 0 Å². The van der Waals surface area contributed by atoms with E-state index in [1.807, 2.05) is 20.8 Å². The standard InChI is InChI=1S/C14H21NO3/c1-14(2,3)18-10-9-13(17)15(4)11-7-5-6-8-12(11)16/h5-8,16H,9-10H2,1-4H3. The molecular formula is C14H21NO3. The Bertz CT molecular complexity index is 410. The molecule has 1 rings (SSSR count). The minimum atomic E-state index is -0.242. The number of phenols is 1.